The quantitative estimate of drug-likeness (QED) is 0.575. The number of thioether (sulfide) groups is 1. The smallest absolute Gasteiger partial charge is 0.242 e. The third-order valence-electron chi connectivity index (χ3n) is 4.06. The van der Waals surface area contributed by atoms with Crippen molar-refractivity contribution in [1.82, 2.24) is 10.2 Å². The lowest BCUT2D eigenvalue weighted by Gasteiger charge is -2.28. The van der Waals surface area contributed by atoms with Crippen LogP contribution in [-0.2, 0) is 16.1 Å². The Labute approximate surface area is 173 Å². The first kappa shape index (κ1) is 21.5. The molecule has 144 valence electrons. The van der Waals surface area contributed by atoms with Crippen molar-refractivity contribution in [2.75, 3.05) is 12.3 Å². The van der Waals surface area contributed by atoms with Gasteiger partial charge < -0.3 is 10.2 Å². The molecule has 2 aromatic carbocycles. The van der Waals surface area contributed by atoms with E-state index in [-0.39, 0.29) is 11.8 Å². The number of nitrogens with zero attached hydrogens (tertiary/aromatic N) is 1. The normalized spacial score (nSPS) is 11.7. The standard InChI is InChI=1S/C21H25BrN2O2S/c1-3-12-23-21(26)16(2)24(14-17-8-7-9-18(22)13-17)20(25)15-27-19-10-5-4-6-11-19/h4-11,13,16H,3,12,14-15H2,1-2H3,(H,23,26)/t16-/m0/s1. The molecule has 0 spiro atoms. The van der Waals surface area contributed by atoms with Crippen LogP contribution in [0.15, 0.2) is 64.0 Å². The maximum atomic E-state index is 12.9. The van der Waals surface area contributed by atoms with Crippen molar-refractivity contribution in [3.63, 3.8) is 0 Å². The molecule has 0 heterocycles. The van der Waals surface area contributed by atoms with Gasteiger partial charge in [0, 0.05) is 22.5 Å². The van der Waals surface area contributed by atoms with Crippen molar-refractivity contribution >= 4 is 39.5 Å². The fraction of sp³-hybridized carbons (Fsp3) is 0.333. The summed E-state index contributed by atoms with van der Waals surface area (Å²) >= 11 is 4.95. The largest absolute Gasteiger partial charge is 0.354 e. The Balaban J connectivity index is 2.11. The van der Waals surface area contributed by atoms with Gasteiger partial charge in [-0.05, 0) is 43.2 Å². The monoisotopic (exact) mass is 448 g/mol. The molecular formula is C21H25BrN2O2S. The highest BCUT2D eigenvalue weighted by Crippen LogP contribution is 2.20. The topological polar surface area (TPSA) is 49.4 Å². The van der Waals surface area contributed by atoms with Crippen LogP contribution in [-0.4, -0.2) is 35.1 Å². The molecule has 0 aliphatic carbocycles. The van der Waals surface area contributed by atoms with E-state index < -0.39 is 6.04 Å². The molecule has 0 radical (unpaired) electrons. The first-order valence-corrected chi connectivity index (χ1v) is 10.8. The van der Waals surface area contributed by atoms with Gasteiger partial charge in [-0.25, -0.2) is 0 Å². The molecule has 0 unspecified atom stereocenters. The van der Waals surface area contributed by atoms with E-state index in [1.807, 2.05) is 61.5 Å². The van der Waals surface area contributed by atoms with Gasteiger partial charge in [0.25, 0.3) is 0 Å². The van der Waals surface area contributed by atoms with Crippen molar-refractivity contribution < 1.29 is 9.59 Å². The Morgan fingerprint density at radius 1 is 1.15 bits per heavy atom. The van der Waals surface area contributed by atoms with Gasteiger partial charge in [-0.2, -0.15) is 0 Å². The summed E-state index contributed by atoms with van der Waals surface area (Å²) in [7, 11) is 0. The van der Waals surface area contributed by atoms with Crippen LogP contribution >= 0.6 is 27.7 Å². The summed E-state index contributed by atoms with van der Waals surface area (Å²) in [5.41, 5.74) is 0.984. The summed E-state index contributed by atoms with van der Waals surface area (Å²) in [6, 6.07) is 17.1. The van der Waals surface area contributed by atoms with Gasteiger partial charge in [-0.3, -0.25) is 9.59 Å². The van der Waals surface area contributed by atoms with Crippen LogP contribution in [0.3, 0.4) is 0 Å². The molecule has 2 rings (SSSR count). The van der Waals surface area contributed by atoms with E-state index in [1.54, 1.807) is 11.8 Å². The maximum absolute atomic E-state index is 12.9. The summed E-state index contributed by atoms with van der Waals surface area (Å²) in [6.07, 6.45) is 0.863. The lowest BCUT2D eigenvalue weighted by Crippen LogP contribution is -2.48. The second-order valence-corrected chi connectivity index (χ2v) is 8.18. The average Bonchev–Trinajstić information content (AvgIpc) is 2.68. The van der Waals surface area contributed by atoms with Crippen molar-refractivity contribution in [1.29, 1.82) is 0 Å². The van der Waals surface area contributed by atoms with Crippen LogP contribution in [0.1, 0.15) is 25.8 Å². The lowest BCUT2D eigenvalue weighted by atomic mass is 10.1. The minimum Gasteiger partial charge on any atom is -0.354 e. The van der Waals surface area contributed by atoms with Gasteiger partial charge in [-0.1, -0.05) is 53.2 Å². The van der Waals surface area contributed by atoms with E-state index in [9.17, 15) is 9.59 Å². The molecule has 0 aliphatic heterocycles. The third kappa shape index (κ3) is 7.03. The Morgan fingerprint density at radius 2 is 1.89 bits per heavy atom. The molecule has 0 aliphatic rings. The molecule has 1 N–H and O–H groups in total. The Morgan fingerprint density at radius 3 is 2.56 bits per heavy atom. The van der Waals surface area contributed by atoms with Crippen LogP contribution in [0.5, 0.6) is 0 Å². The second kappa shape index (κ2) is 11.1. The van der Waals surface area contributed by atoms with E-state index in [0.29, 0.717) is 18.8 Å². The van der Waals surface area contributed by atoms with E-state index >= 15 is 0 Å². The minimum atomic E-state index is -0.528. The molecule has 4 nitrogen and oxygen atoms in total. The number of nitrogens with one attached hydrogen (secondary N) is 1. The Hall–Kier alpha value is -1.79. The molecule has 6 heteroatoms. The van der Waals surface area contributed by atoms with Crippen molar-refractivity contribution in [3.05, 3.63) is 64.6 Å². The number of amides is 2. The van der Waals surface area contributed by atoms with Gasteiger partial charge in [0.2, 0.25) is 11.8 Å². The number of carbonyl (C=O) groups is 2. The highest BCUT2D eigenvalue weighted by molar-refractivity contribution is 9.10. The predicted molar refractivity (Wildman–Crippen MR) is 115 cm³/mol. The predicted octanol–water partition coefficient (Wildman–Crippen LogP) is 4.48. The minimum absolute atomic E-state index is 0.0528. The first-order valence-electron chi connectivity index (χ1n) is 9.00. The summed E-state index contributed by atoms with van der Waals surface area (Å²) in [5.74, 6) is 0.122. The van der Waals surface area contributed by atoms with E-state index in [0.717, 1.165) is 21.4 Å². The molecule has 0 fully saturated rings. The molecule has 1 atom stereocenters. The van der Waals surface area contributed by atoms with Crippen molar-refractivity contribution in [3.8, 4) is 0 Å². The summed E-state index contributed by atoms with van der Waals surface area (Å²) in [4.78, 5) is 28.1. The number of benzene rings is 2. The van der Waals surface area contributed by atoms with Gasteiger partial charge in [0.05, 0.1) is 5.75 Å². The molecular weight excluding hydrogens is 424 g/mol. The Kier molecular flexibility index (Phi) is 8.88. The highest BCUT2D eigenvalue weighted by atomic mass is 79.9. The summed E-state index contributed by atoms with van der Waals surface area (Å²) in [6.45, 7) is 4.80. The molecule has 2 amide bonds. The van der Waals surface area contributed by atoms with E-state index in [4.69, 9.17) is 0 Å². The fourth-order valence-electron chi connectivity index (χ4n) is 2.56. The van der Waals surface area contributed by atoms with E-state index in [1.165, 1.54) is 11.8 Å². The lowest BCUT2D eigenvalue weighted by molar-refractivity contribution is -0.138. The fourth-order valence-corrected chi connectivity index (χ4v) is 3.81. The zero-order valence-corrected chi connectivity index (χ0v) is 18.1. The summed E-state index contributed by atoms with van der Waals surface area (Å²) in [5, 5.41) is 2.89. The van der Waals surface area contributed by atoms with Crippen LogP contribution in [0.4, 0.5) is 0 Å². The molecule has 0 aromatic heterocycles. The van der Waals surface area contributed by atoms with Gasteiger partial charge >= 0.3 is 0 Å². The number of carbonyl (C=O) groups excluding carboxylic acids is 2. The van der Waals surface area contributed by atoms with Crippen molar-refractivity contribution in [2.45, 2.75) is 37.8 Å². The zero-order valence-electron chi connectivity index (χ0n) is 15.7. The van der Waals surface area contributed by atoms with Gasteiger partial charge in [0.1, 0.15) is 6.04 Å². The molecule has 0 saturated carbocycles. The first-order chi connectivity index (χ1) is 13.0. The third-order valence-corrected chi connectivity index (χ3v) is 5.55. The van der Waals surface area contributed by atoms with Crippen LogP contribution in [0.25, 0.3) is 0 Å². The zero-order chi connectivity index (χ0) is 19.6. The Bertz CT molecular complexity index is 755. The number of hydrogen-bond donors (Lipinski definition) is 1. The van der Waals surface area contributed by atoms with Crippen LogP contribution in [0, 0.1) is 0 Å². The van der Waals surface area contributed by atoms with Crippen molar-refractivity contribution in [2.24, 2.45) is 0 Å². The van der Waals surface area contributed by atoms with E-state index in [2.05, 4.69) is 21.2 Å². The number of hydrogen-bond acceptors (Lipinski definition) is 3. The molecule has 2 aromatic rings. The molecule has 0 bridgehead atoms. The maximum Gasteiger partial charge on any atom is 0.242 e. The average molecular weight is 449 g/mol. The second-order valence-electron chi connectivity index (χ2n) is 6.22. The number of rotatable bonds is 9. The van der Waals surface area contributed by atoms with Gasteiger partial charge in [-0.15, -0.1) is 11.8 Å². The highest BCUT2D eigenvalue weighted by Gasteiger charge is 2.25. The molecule has 0 saturated heterocycles. The number of halogens is 1. The van der Waals surface area contributed by atoms with Crippen LogP contribution < -0.4 is 5.32 Å². The SMILES string of the molecule is CCCNC(=O)[C@H](C)N(Cc1cccc(Br)c1)C(=O)CSc1ccccc1. The summed E-state index contributed by atoms with van der Waals surface area (Å²) < 4.78 is 0.953. The molecule has 27 heavy (non-hydrogen) atoms. The van der Waals surface area contributed by atoms with Gasteiger partial charge in [0.15, 0.2) is 0 Å². The van der Waals surface area contributed by atoms with Crippen LogP contribution in [0.2, 0.25) is 0 Å².